The Labute approximate surface area is 131 Å². The van der Waals surface area contributed by atoms with Crippen molar-refractivity contribution in [3.8, 4) is 5.69 Å². The van der Waals surface area contributed by atoms with Gasteiger partial charge < -0.3 is 5.32 Å². The molecule has 8 nitrogen and oxygen atoms in total. The predicted molar refractivity (Wildman–Crippen MR) is 78.2 cm³/mol. The molecule has 1 amide bonds. The molecule has 0 aliphatic heterocycles. The summed E-state index contributed by atoms with van der Waals surface area (Å²) in [7, 11) is 1.74. The summed E-state index contributed by atoms with van der Waals surface area (Å²) < 4.78 is 16.0. The van der Waals surface area contributed by atoms with E-state index in [1.807, 2.05) is 0 Å². The van der Waals surface area contributed by atoms with E-state index in [2.05, 4.69) is 25.5 Å². The first-order chi connectivity index (χ1) is 11.0. The molecule has 0 aliphatic rings. The molecule has 9 heteroatoms. The van der Waals surface area contributed by atoms with Gasteiger partial charge in [0.25, 0.3) is 5.91 Å². The molecular weight excluding hydrogens is 301 g/mol. The number of carbonyl (C=O) groups is 1. The first-order valence-corrected chi connectivity index (χ1v) is 6.85. The van der Waals surface area contributed by atoms with Gasteiger partial charge in [-0.25, -0.2) is 19.0 Å². The van der Waals surface area contributed by atoms with E-state index in [0.29, 0.717) is 17.3 Å². The highest BCUT2D eigenvalue weighted by Gasteiger charge is 2.15. The molecule has 0 fully saturated rings. The Morgan fingerprint density at radius 3 is 2.65 bits per heavy atom. The number of halogens is 1. The van der Waals surface area contributed by atoms with Gasteiger partial charge in [0.1, 0.15) is 18.0 Å². The topological polar surface area (TPSA) is 90.5 Å². The van der Waals surface area contributed by atoms with E-state index in [0.717, 1.165) is 0 Å². The second-order valence-corrected chi connectivity index (χ2v) is 4.89. The molecule has 3 rings (SSSR count). The number of hydrogen-bond acceptors (Lipinski definition) is 5. The Morgan fingerprint density at radius 2 is 2.00 bits per heavy atom. The zero-order chi connectivity index (χ0) is 16.4. The van der Waals surface area contributed by atoms with Crippen molar-refractivity contribution in [2.75, 3.05) is 0 Å². The summed E-state index contributed by atoms with van der Waals surface area (Å²) in [5.74, 6) is 0.282. The highest BCUT2D eigenvalue weighted by molar-refractivity contribution is 5.90. The fourth-order valence-electron chi connectivity index (χ4n) is 2.02. The van der Waals surface area contributed by atoms with Crippen molar-refractivity contribution in [3.05, 3.63) is 53.9 Å². The number of nitrogens with one attached hydrogen (secondary N) is 1. The summed E-state index contributed by atoms with van der Waals surface area (Å²) >= 11 is 0. The maximum Gasteiger partial charge on any atom is 0.291 e. The summed E-state index contributed by atoms with van der Waals surface area (Å²) in [5.41, 5.74) is 0.627. The van der Waals surface area contributed by atoms with Crippen molar-refractivity contribution < 1.29 is 9.18 Å². The lowest BCUT2D eigenvalue weighted by Gasteiger charge is -2.01. The maximum absolute atomic E-state index is 13.0. The lowest BCUT2D eigenvalue weighted by molar-refractivity contribution is 0.0939. The van der Waals surface area contributed by atoms with Crippen molar-refractivity contribution in [1.29, 1.82) is 0 Å². The zero-order valence-corrected chi connectivity index (χ0v) is 12.6. The minimum atomic E-state index is -0.429. The molecule has 0 atom stereocenters. The van der Waals surface area contributed by atoms with Crippen LogP contribution >= 0.6 is 0 Å². The summed E-state index contributed by atoms with van der Waals surface area (Å²) in [5, 5.41) is 10.9. The number of benzene rings is 1. The lowest BCUT2D eigenvalue weighted by atomic mass is 10.3. The second-order valence-electron chi connectivity index (χ2n) is 4.89. The number of nitrogens with zero attached hydrogens (tertiary/aromatic N) is 6. The van der Waals surface area contributed by atoms with Gasteiger partial charge in [-0.15, -0.1) is 5.10 Å². The quantitative estimate of drug-likeness (QED) is 0.768. The molecule has 0 radical (unpaired) electrons. The van der Waals surface area contributed by atoms with Gasteiger partial charge in [0, 0.05) is 7.05 Å². The van der Waals surface area contributed by atoms with Crippen molar-refractivity contribution >= 4 is 5.91 Å². The molecule has 2 heterocycles. The number of carbonyl (C=O) groups excluding carboxylic acids is 1. The van der Waals surface area contributed by atoms with Crippen LogP contribution < -0.4 is 5.32 Å². The van der Waals surface area contributed by atoms with Gasteiger partial charge in [-0.2, -0.15) is 5.10 Å². The third kappa shape index (κ3) is 3.23. The third-order valence-electron chi connectivity index (χ3n) is 3.10. The van der Waals surface area contributed by atoms with Crippen molar-refractivity contribution in [2.24, 2.45) is 7.05 Å². The number of aryl methyl sites for hydroxylation is 2. The molecule has 2 aromatic heterocycles. The van der Waals surface area contributed by atoms with E-state index in [1.54, 1.807) is 37.1 Å². The van der Waals surface area contributed by atoms with E-state index in [4.69, 9.17) is 0 Å². The van der Waals surface area contributed by atoms with Gasteiger partial charge in [-0.3, -0.25) is 9.48 Å². The van der Waals surface area contributed by atoms with Crippen molar-refractivity contribution in [2.45, 2.75) is 13.5 Å². The Kier molecular flexibility index (Phi) is 3.83. The average Bonchev–Trinajstić information content (AvgIpc) is 3.12. The van der Waals surface area contributed by atoms with E-state index in [1.165, 1.54) is 16.8 Å². The summed E-state index contributed by atoms with van der Waals surface area (Å²) in [6.07, 6.45) is 1.55. The van der Waals surface area contributed by atoms with Crippen molar-refractivity contribution in [1.82, 2.24) is 34.8 Å². The first kappa shape index (κ1) is 14.8. The molecule has 1 aromatic carbocycles. The largest absolute Gasteiger partial charge is 0.342 e. The molecule has 0 bridgehead atoms. The second kappa shape index (κ2) is 5.95. The number of aromatic nitrogens is 6. The fourth-order valence-corrected chi connectivity index (χ4v) is 2.02. The summed E-state index contributed by atoms with van der Waals surface area (Å²) in [6.45, 7) is 1.90. The van der Waals surface area contributed by atoms with Crippen LogP contribution in [0, 0.1) is 12.7 Å². The van der Waals surface area contributed by atoms with Crippen LogP contribution in [-0.2, 0) is 13.6 Å². The minimum absolute atomic E-state index is 0.0303. The Morgan fingerprint density at radius 1 is 1.26 bits per heavy atom. The van der Waals surface area contributed by atoms with Crippen molar-refractivity contribution in [3.63, 3.8) is 0 Å². The number of hydrogen-bond donors (Lipinski definition) is 1. The van der Waals surface area contributed by atoms with E-state index >= 15 is 0 Å². The van der Waals surface area contributed by atoms with Gasteiger partial charge in [-0.1, -0.05) is 0 Å². The molecule has 3 aromatic rings. The Hall–Kier alpha value is -3.10. The Balaban J connectivity index is 1.74. The summed E-state index contributed by atoms with van der Waals surface area (Å²) in [4.78, 5) is 20.2. The normalized spacial score (nSPS) is 10.7. The molecule has 0 unspecified atom stereocenters. The molecule has 118 valence electrons. The van der Waals surface area contributed by atoms with Crippen LogP contribution in [0.5, 0.6) is 0 Å². The van der Waals surface area contributed by atoms with Crippen LogP contribution in [0.3, 0.4) is 0 Å². The molecule has 1 N–H and O–H groups in total. The van der Waals surface area contributed by atoms with Gasteiger partial charge in [0.15, 0.2) is 5.82 Å². The highest BCUT2D eigenvalue weighted by Crippen LogP contribution is 2.10. The van der Waals surface area contributed by atoms with Crippen LogP contribution in [-0.4, -0.2) is 35.4 Å². The molecule has 0 aliphatic carbocycles. The van der Waals surface area contributed by atoms with Gasteiger partial charge >= 0.3 is 0 Å². The zero-order valence-electron chi connectivity index (χ0n) is 12.6. The van der Waals surface area contributed by atoms with Gasteiger partial charge in [0.2, 0.25) is 5.82 Å². The van der Waals surface area contributed by atoms with Crippen LogP contribution in [0.15, 0.2) is 30.6 Å². The third-order valence-corrected chi connectivity index (χ3v) is 3.10. The Bertz CT molecular complexity index is 837. The molecule has 0 saturated carbocycles. The average molecular weight is 315 g/mol. The fraction of sp³-hybridized carbons (Fsp3) is 0.214. The summed E-state index contributed by atoms with van der Waals surface area (Å²) in [6, 6.07) is 5.78. The van der Waals surface area contributed by atoms with Crippen LogP contribution in [0.25, 0.3) is 5.69 Å². The lowest BCUT2D eigenvalue weighted by Crippen LogP contribution is -2.24. The SMILES string of the molecule is Cc1nc(C(=O)NCc2ncn(C)n2)nn1-c1ccc(F)cc1. The van der Waals surface area contributed by atoms with E-state index in [-0.39, 0.29) is 18.2 Å². The van der Waals surface area contributed by atoms with Crippen LogP contribution in [0.4, 0.5) is 4.39 Å². The van der Waals surface area contributed by atoms with Gasteiger partial charge in [0.05, 0.1) is 12.2 Å². The highest BCUT2D eigenvalue weighted by atomic mass is 19.1. The molecular formula is C14H14FN7O. The smallest absolute Gasteiger partial charge is 0.291 e. The minimum Gasteiger partial charge on any atom is -0.342 e. The predicted octanol–water partition coefficient (Wildman–Crippen LogP) is 0.773. The van der Waals surface area contributed by atoms with Crippen LogP contribution in [0.2, 0.25) is 0 Å². The molecule has 23 heavy (non-hydrogen) atoms. The first-order valence-electron chi connectivity index (χ1n) is 6.85. The standard InChI is InChI=1S/C14H14FN7O/c1-9-18-13(14(23)16-7-12-17-8-21(2)19-12)20-22(9)11-5-3-10(15)4-6-11/h3-6,8H,7H2,1-2H3,(H,16,23). The number of rotatable bonds is 4. The van der Waals surface area contributed by atoms with E-state index in [9.17, 15) is 9.18 Å². The van der Waals surface area contributed by atoms with Crippen LogP contribution in [0.1, 0.15) is 22.3 Å². The van der Waals surface area contributed by atoms with Gasteiger partial charge in [-0.05, 0) is 31.2 Å². The monoisotopic (exact) mass is 315 g/mol. The van der Waals surface area contributed by atoms with E-state index < -0.39 is 5.91 Å². The number of amides is 1. The molecule has 0 saturated heterocycles. The molecule has 0 spiro atoms. The maximum atomic E-state index is 13.0.